The summed E-state index contributed by atoms with van der Waals surface area (Å²) in [4.78, 5) is 8.62. The summed E-state index contributed by atoms with van der Waals surface area (Å²) in [6.45, 7) is 0. The fourth-order valence-electron chi connectivity index (χ4n) is 2.94. The number of nitrogen functional groups attached to an aromatic ring is 1. The molecule has 0 aliphatic heterocycles. The number of benzene rings is 2. The summed E-state index contributed by atoms with van der Waals surface area (Å²) in [6, 6.07) is 17.9. The Bertz CT molecular complexity index is 1010. The predicted molar refractivity (Wildman–Crippen MR) is 95.3 cm³/mol. The molecule has 0 spiro atoms. The summed E-state index contributed by atoms with van der Waals surface area (Å²) in [5.74, 6) is 1.24. The summed E-state index contributed by atoms with van der Waals surface area (Å²) in [5.41, 5.74) is 9.87. The SMILES string of the molecule is COc1ccccc1-c1cn(-c2ccccc2)c2ncnc(N)c12. The van der Waals surface area contributed by atoms with Gasteiger partial charge in [0.15, 0.2) is 5.65 Å². The molecule has 0 atom stereocenters. The maximum atomic E-state index is 6.17. The van der Waals surface area contributed by atoms with Crippen LogP contribution in [0.5, 0.6) is 5.75 Å². The Morgan fingerprint density at radius 3 is 2.46 bits per heavy atom. The Kier molecular flexibility index (Phi) is 3.39. The molecule has 2 aromatic carbocycles. The minimum absolute atomic E-state index is 0.454. The van der Waals surface area contributed by atoms with Gasteiger partial charge in [0.05, 0.1) is 12.5 Å². The van der Waals surface area contributed by atoms with Gasteiger partial charge in [0.1, 0.15) is 17.9 Å². The van der Waals surface area contributed by atoms with Crippen molar-refractivity contribution in [2.45, 2.75) is 0 Å². The van der Waals surface area contributed by atoms with E-state index in [1.807, 2.05) is 65.4 Å². The third-order valence-corrected chi connectivity index (χ3v) is 4.04. The fourth-order valence-corrected chi connectivity index (χ4v) is 2.94. The first-order valence-electron chi connectivity index (χ1n) is 7.60. The first-order valence-corrected chi connectivity index (χ1v) is 7.60. The summed E-state index contributed by atoms with van der Waals surface area (Å²) < 4.78 is 7.54. The molecule has 4 aromatic rings. The number of nitrogens with two attached hydrogens (primary N) is 1. The van der Waals surface area contributed by atoms with Gasteiger partial charge >= 0.3 is 0 Å². The van der Waals surface area contributed by atoms with E-state index < -0.39 is 0 Å². The van der Waals surface area contributed by atoms with Gasteiger partial charge in [-0.15, -0.1) is 0 Å². The molecule has 0 unspecified atom stereocenters. The van der Waals surface area contributed by atoms with Gasteiger partial charge in [0.25, 0.3) is 0 Å². The van der Waals surface area contributed by atoms with Gasteiger partial charge in [-0.3, -0.25) is 0 Å². The number of nitrogens with zero attached hydrogens (tertiary/aromatic N) is 3. The normalized spacial score (nSPS) is 10.9. The molecule has 0 aliphatic carbocycles. The molecule has 0 aliphatic rings. The summed E-state index contributed by atoms with van der Waals surface area (Å²) in [5, 5.41) is 0.825. The van der Waals surface area contributed by atoms with Crippen LogP contribution < -0.4 is 10.5 Å². The van der Waals surface area contributed by atoms with E-state index >= 15 is 0 Å². The van der Waals surface area contributed by atoms with Crippen molar-refractivity contribution in [2.75, 3.05) is 12.8 Å². The largest absolute Gasteiger partial charge is 0.496 e. The number of rotatable bonds is 3. The van der Waals surface area contributed by atoms with Crippen LogP contribution in [-0.2, 0) is 0 Å². The minimum atomic E-state index is 0.454. The zero-order valence-corrected chi connectivity index (χ0v) is 13.2. The van der Waals surface area contributed by atoms with E-state index in [4.69, 9.17) is 10.5 Å². The second-order valence-electron chi connectivity index (χ2n) is 5.41. The van der Waals surface area contributed by atoms with Crippen molar-refractivity contribution in [2.24, 2.45) is 0 Å². The van der Waals surface area contributed by atoms with Crippen LogP contribution in [-0.4, -0.2) is 21.6 Å². The number of hydrogen-bond acceptors (Lipinski definition) is 4. The Balaban J connectivity index is 2.07. The first-order chi connectivity index (χ1) is 11.8. The summed E-state index contributed by atoms with van der Waals surface area (Å²) in [7, 11) is 1.66. The van der Waals surface area contributed by atoms with Crippen molar-refractivity contribution in [1.82, 2.24) is 14.5 Å². The number of fused-ring (bicyclic) bond motifs is 1. The summed E-state index contributed by atoms with van der Waals surface area (Å²) >= 11 is 0. The molecule has 5 heteroatoms. The molecule has 2 aromatic heterocycles. The standard InChI is InChI=1S/C19H16N4O/c1-24-16-10-6-5-9-14(16)15-11-23(13-7-3-2-4-8-13)19-17(15)18(20)21-12-22-19/h2-12H,1H3,(H2,20,21,22). The average molecular weight is 316 g/mol. The molecule has 2 N–H and O–H groups in total. The Morgan fingerprint density at radius 1 is 0.917 bits per heavy atom. The van der Waals surface area contributed by atoms with Crippen molar-refractivity contribution >= 4 is 16.9 Å². The van der Waals surface area contributed by atoms with Crippen LogP contribution >= 0.6 is 0 Å². The van der Waals surface area contributed by atoms with E-state index in [-0.39, 0.29) is 0 Å². The molecular formula is C19H16N4O. The van der Waals surface area contributed by atoms with Crippen molar-refractivity contribution in [3.8, 4) is 22.6 Å². The van der Waals surface area contributed by atoms with Crippen LogP contribution in [0, 0.1) is 0 Å². The Morgan fingerprint density at radius 2 is 1.67 bits per heavy atom. The zero-order valence-electron chi connectivity index (χ0n) is 13.2. The number of aromatic nitrogens is 3. The van der Waals surface area contributed by atoms with E-state index in [1.165, 1.54) is 6.33 Å². The molecule has 0 fully saturated rings. The van der Waals surface area contributed by atoms with E-state index in [9.17, 15) is 0 Å². The molecule has 24 heavy (non-hydrogen) atoms. The summed E-state index contributed by atoms with van der Waals surface area (Å²) in [6.07, 6.45) is 3.52. The number of anilines is 1. The average Bonchev–Trinajstić information content (AvgIpc) is 3.03. The van der Waals surface area contributed by atoms with E-state index in [0.717, 1.165) is 33.6 Å². The van der Waals surface area contributed by atoms with Crippen LogP contribution in [0.3, 0.4) is 0 Å². The molecule has 0 saturated carbocycles. The quantitative estimate of drug-likeness (QED) is 0.626. The van der Waals surface area contributed by atoms with Crippen molar-refractivity contribution < 1.29 is 4.74 Å². The van der Waals surface area contributed by atoms with Crippen LogP contribution in [0.15, 0.2) is 67.1 Å². The lowest BCUT2D eigenvalue weighted by atomic mass is 10.1. The van der Waals surface area contributed by atoms with E-state index in [0.29, 0.717) is 5.82 Å². The van der Waals surface area contributed by atoms with Gasteiger partial charge in [-0.2, -0.15) is 0 Å². The monoisotopic (exact) mass is 316 g/mol. The molecule has 118 valence electrons. The van der Waals surface area contributed by atoms with Crippen molar-refractivity contribution in [3.63, 3.8) is 0 Å². The number of ether oxygens (including phenoxy) is 1. The number of methoxy groups -OCH3 is 1. The predicted octanol–water partition coefficient (Wildman–Crippen LogP) is 3.68. The van der Waals surface area contributed by atoms with Gasteiger partial charge in [-0.1, -0.05) is 36.4 Å². The van der Waals surface area contributed by atoms with Crippen LogP contribution in [0.4, 0.5) is 5.82 Å². The lowest BCUT2D eigenvalue weighted by molar-refractivity contribution is 0.416. The Labute approximate surface area is 139 Å². The molecule has 0 bridgehead atoms. The van der Waals surface area contributed by atoms with Crippen molar-refractivity contribution in [1.29, 1.82) is 0 Å². The second kappa shape index (κ2) is 5.70. The zero-order chi connectivity index (χ0) is 16.5. The van der Waals surface area contributed by atoms with Gasteiger partial charge < -0.3 is 15.0 Å². The fraction of sp³-hybridized carbons (Fsp3) is 0.0526. The molecule has 0 radical (unpaired) electrons. The molecule has 0 amide bonds. The smallest absolute Gasteiger partial charge is 0.150 e. The second-order valence-corrected chi connectivity index (χ2v) is 5.41. The van der Waals surface area contributed by atoms with Gasteiger partial charge in [0, 0.05) is 23.0 Å². The molecule has 2 heterocycles. The highest BCUT2D eigenvalue weighted by Crippen LogP contribution is 2.38. The first kappa shape index (κ1) is 14.3. The maximum absolute atomic E-state index is 6.17. The lowest BCUT2D eigenvalue weighted by Crippen LogP contribution is -1.96. The van der Waals surface area contributed by atoms with Gasteiger partial charge in [0.2, 0.25) is 0 Å². The minimum Gasteiger partial charge on any atom is -0.496 e. The highest BCUT2D eigenvalue weighted by molar-refractivity contribution is 6.02. The topological polar surface area (TPSA) is 66.0 Å². The van der Waals surface area contributed by atoms with Crippen molar-refractivity contribution in [3.05, 3.63) is 67.1 Å². The van der Waals surface area contributed by atoms with Crippen LogP contribution in [0.2, 0.25) is 0 Å². The van der Waals surface area contributed by atoms with Gasteiger partial charge in [-0.05, 0) is 18.2 Å². The molecule has 0 saturated heterocycles. The van der Waals surface area contributed by atoms with Crippen LogP contribution in [0.25, 0.3) is 27.8 Å². The molecule has 4 rings (SSSR count). The lowest BCUT2D eigenvalue weighted by Gasteiger charge is -2.07. The third kappa shape index (κ3) is 2.18. The van der Waals surface area contributed by atoms with E-state index in [2.05, 4.69) is 9.97 Å². The number of para-hydroxylation sites is 2. The van der Waals surface area contributed by atoms with Gasteiger partial charge in [-0.25, -0.2) is 9.97 Å². The van der Waals surface area contributed by atoms with E-state index in [1.54, 1.807) is 7.11 Å². The highest BCUT2D eigenvalue weighted by atomic mass is 16.5. The Hall–Kier alpha value is -3.34. The molecular weight excluding hydrogens is 300 g/mol. The number of hydrogen-bond donors (Lipinski definition) is 1. The van der Waals surface area contributed by atoms with Crippen LogP contribution in [0.1, 0.15) is 0 Å². The molecule has 5 nitrogen and oxygen atoms in total. The highest BCUT2D eigenvalue weighted by Gasteiger charge is 2.18. The third-order valence-electron chi connectivity index (χ3n) is 4.04. The maximum Gasteiger partial charge on any atom is 0.150 e.